The molecule has 7 heteroatoms. The molecular formula is C26H35N5O2. The molecule has 1 atom stereocenters. The lowest BCUT2D eigenvalue weighted by atomic mass is 9.99. The van der Waals surface area contributed by atoms with Crippen molar-refractivity contribution in [3.8, 4) is 0 Å². The quantitative estimate of drug-likeness (QED) is 0.673. The van der Waals surface area contributed by atoms with Crippen molar-refractivity contribution in [2.45, 2.75) is 71.5 Å². The zero-order valence-corrected chi connectivity index (χ0v) is 20.3. The average molecular weight is 450 g/mol. The molecule has 0 aliphatic carbocycles. The minimum atomic E-state index is -0.0112. The van der Waals surface area contributed by atoms with E-state index < -0.39 is 0 Å². The molecule has 2 aliphatic rings. The third-order valence-electron chi connectivity index (χ3n) is 6.88. The molecule has 176 valence electrons. The molecule has 2 aliphatic heterocycles. The Morgan fingerprint density at radius 1 is 1.15 bits per heavy atom. The van der Waals surface area contributed by atoms with Crippen LogP contribution in [0, 0.1) is 6.92 Å². The van der Waals surface area contributed by atoms with E-state index in [1.54, 1.807) is 11.9 Å². The number of aromatic nitrogens is 2. The molecular weight excluding hydrogens is 414 g/mol. The summed E-state index contributed by atoms with van der Waals surface area (Å²) in [5, 5.41) is 0. The van der Waals surface area contributed by atoms with Gasteiger partial charge in [0.1, 0.15) is 11.6 Å². The number of fused-ring (bicyclic) bond motifs is 1. The lowest BCUT2D eigenvalue weighted by molar-refractivity contribution is -0.135. The molecule has 1 aromatic carbocycles. The number of amides is 2. The summed E-state index contributed by atoms with van der Waals surface area (Å²) in [6, 6.07) is 10.2. The van der Waals surface area contributed by atoms with Gasteiger partial charge in [-0.1, -0.05) is 36.8 Å². The number of nitrogens with zero attached hydrogens (tertiary/aromatic N) is 5. The van der Waals surface area contributed by atoms with Gasteiger partial charge in [0.15, 0.2) is 0 Å². The molecule has 2 amide bonds. The van der Waals surface area contributed by atoms with E-state index in [1.807, 2.05) is 30.0 Å². The van der Waals surface area contributed by atoms with Gasteiger partial charge in [0.05, 0.1) is 12.6 Å². The first-order chi connectivity index (χ1) is 15.8. The lowest BCUT2D eigenvalue weighted by Gasteiger charge is -2.37. The Morgan fingerprint density at radius 3 is 2.64 bits per heavy atom. The molecule has 0 unspecified atom stereocenters. The van der Waals surface area contributed by atoms with Crippen LogP contribution in [0.15, 0.2) is 30.3 Å². The lowest BCUT2D eigenvalue weighted by Crippen LogP contribution is -2.46. The fourth-order valence-corrected chi connectivity index (χ4v) is 4.92. The van der Waals surface area contributed by atoms with Gasteiger partial charge in [0.25, 0.3) is 0 Å². The van der Waals surface area contributed by atoms with E-state index in [-0.39, 0.29) is 23.9 Å². The van der Waals surface area contributed by atoms with E-state index in [2.05, 4.69) is 30.9 Å². The van der Waals surface area contributed by atoms with Crippen LogP contribution in [0.1, 0.15) is 68.2 Å². The van der Waals surface area contributed by atoms with E-state index in [0.717, 1.165) is 54.3 Å². The van der Waals surface area contributed by atoms with Crippen molar-refractivity contribution in [3.05, 3.63) is 53.0 Å². The smallest absolute Gasteiger partial charge is 0.237 e. The average Bonchev–Trinajstić information content (AvgIpc) is 2.80. The number of likely N-dealkylation sites (tertiary alicyclic amines) is 1. The summed E-state index contributed by atoms with van der Waals surface area (Å²) in [5.41, 5.74) is 3.14. The largest absolute Gasteiger partial charge is 0.335 e. The molecule has 1 fully saturated rings. The van der Waals surface area contributed by atoms with Crippen LogP contribution in [0.5, 0.6) is 0 Å². The first-order valence-corrected chi connectivity index (χ1v) is 12.1. The first-order valence-electron chi connectivity index (χ1n) is 12.1. The number of piperidine rings is 1. The third-order valence-corrected chi connectivity index (χ3v) is 6.88. The van der Waals surface area contributed by atoms with Gasteiger partial charge in [0.2, 0.25) is 11.8 Å². The van der Waals surface area contributed by atoms with Gasteiger partial charge >= 0.3 is 0 Å². The zero-order chi connectivity index (χ0) is 23.5. The van der Waals surface area contributed by atoms with Crippen molar-refractivity contribution in [2.24, 2.45) is 0 Å². The van der Waals surface area contributed by atoms with Crippen LogP contribution in [-0.2, 0) is 22.6 Å². The van der Waals surface area contributed by atoms with Crippen LogP contribution >= 0.6 is 0 Å². The molecule has 2 aromatic rings. The summed E-state index contributed by atoms with van der Waals surface area (Å²) >= 11 is 0. The van der Waals surface area contributed by atoms with Crippen molar-refractivity contribution in [1.29, 1.82) is 0 Å². The number of hydrogen-bond donors (Lipinski definition) is 0. The highest BCUT2D eigenvalue weighted by molar-refractivity contribution is 5.94. The number of aryl methyl sites for hydroxylation is 1. The van der Waals surface area contributed by atoms with Crippen LogP contribution in [0.4, 0.5) is 5.82 Å². The standard InChI is InChI=1S/C26H35N5O2/c1-18(2)31(16-20-10-6-5-7-11-20)24(33)17-30-15-9-8-12-22(30)25-27-19(3)21-13-14-23(32)29(4)26(21)28-25/h5-7,10-11,18,22H,8-9,12-17H2,1-4H3/t22-/m0/s1. The van der Waals surface area contributed by atoms with E-state index >= 15 is 0 Å². The molecule has 3 heterocycles. The second kappa shape index (κ2) is 10.00. The van der Waals surface area contributed by atoms with Crippen molar-refractivity contribution in [1.82, 2.24) is 19.8 Å². The van der Waals surface area contributed by atoms with Crippen LogP contribution in [0.3, 0.4) is 0 Å². The number of anilines is 1. The molecule has 4 rings (SSSR count). The number of benzene rings is 1. The normalized spacial score (nSPS) is 19.0. The Morgan fingerprint density at radius 2 is 1.91 bits per heavy atom. The topological polar surface area (TPSA) is 69.6 Å². The third kappa shape index (κ3) is 5.08. The van der Waals surface area contributed by atoms with Crippen molar-refractivity contribution in [3.63, 3.8) is 0 Å². The van der Waals surface area contributed by atoms with Crippen LogP contribution in [0.2, 0.25) is 0 Å². The highest BCUT2D eigenvalue weighted by Gasteiger charge is 2.32. The highest BCUT2D eigenvalue weighted by Crippen LogP contribution is 2.33. The second-order valence-corrected chi connectivity index (χ2v) is 9.51. The van der Waals surface area contributed by atoms with Crippen LogP contribution in [-0.4, -0.2) is 57.8 Å². The summed E-state index contributed by atoms with van der Waals surface area (Å²) in [6.45, 7) is 7.95. The minimum Gasteiger partial charge on any atom is -0.335 e. The number of rotatable bonds is 6. The molecule has 1 aromatic heterocycles. The number of carbonyl (C=O) groups excluding carboxylic acids is 2. The van der Waals surface area contributed by atoms with Crippen LogP contribution in [0.25, 0.3) is 0 Å². The second-order valence-electron chi connectivity index (χ2n) is 9.51. The van der Waals surface area contributed by atoms with Crippen molar-refractivity contribution in [2.75, 3.05) is 25.0 Å². The monoisotopic (exact) mass is 449 g/mol. The highest BCUT2D eigenvalue weighted by atomic mass is 16.2. The Balaban J connectivity index is 1.56. The van der Waals surface area contributed by atoms with E-state index in [9.17, 15) is 9.59 Å². The van der Waals surface area contributed by atoms with E-state index in [1.165, 1.54) is 0 Å². The molecule has 7 nitrogen and oxygen atoms in total. The van der Waals surface area contributed by atoms with Gasteiger partial charge in [-0.25, -0.2) is 9.97 Å². The number of hydrogen-bond acceptors (Lipinski definition) is 5. The Kier molecular flexibility index (Phi) is 7.08. The molecule has 0 spiro atoms. The predicted molar refractivity (Wildman–Crippen MR) is 129 cm³/mol. The SMILES string of the molecule is Cc1nc([C@@H]2CCCCN2CC(=O)N(Cc2ccccc2)C(C)C)nc2c1CCC(=O)N2C. The van der Waals surface area contributed by atoms with Crippen LogP contribution < -0.4 is 4.90 Å². The molecule has 0 N–H and O–H groups in total. The molecule has 0 bridgehead atoms. The fraction of sp³-hybridized carbons (Fsp3) is 0.538. The Hall–Kier alpha value is -2.80. The fourth-order valence-electron chi connectivity index (χ4n) is 4.92. The Bertz CT molecular complexity index is 1010. The molecule has 1 saturated heterocycles. The van der Waals surface area contributed by atoms with Gasteiger partial charge in [-0.05, 0) is 52.1 Å². The molecule has 0 saturated carbocycles. The molecule has 0 radical (unpaired) electrons. The van der Waals surface area contributed by atoms with E-state index in [0.29, 0.717) is 25.9 Å². The van der Waals surface area contributed by atoms with Gasteiger partial charge in [-0.15, -0.1) is 0 Å². The summed E-state index contributed by atoms with van der Waals surface area (Å²) < 4.78 is 0. The first kappa shape index (κ1) is 23.4. The maximum absolute atomic E-state index is 13.4. The summed E-state index contributed by atoms with van der Waals surface area (Å²) in [6.07, 6.45) is 4.27. The Labute approximate surface area is 196 Å². The van der Waals surface area contributed by atoms with Gasteiger partial charge < -0.3 is 4.90 Å². The zero-order valence-electron chi connectivity index (χ0n) is 20.3. The maximum atomic E-state index is 13.4. The number of carbonyl (C=O) groups is 2. The minimum absolute atomic E-state index is 0.0112. The van der Waals surface area contributed by atoms with Gasteiger partial charge in [0, 0.05) is 37.3 Å². The molecule has 33 heavy (non-hydrogen) atoms. The van der Waals surface area contributed by atoms with E-state index in [4.69, 9.17) is 9.97 Å². The summed E-state index contributed by atoms with van der Waals surface area (Å²) in [5.74, 6) is 1.69. The van der Waals surface area contributed by atoms with Crippen molar-refractivity contribution < 1.29 is 9.59 Å². The summed E-state index contributed by atoms with van der Waals surface area (Å²) in [7, 11) is 1.79. The summed E-state index contributed by atoms with van der Waals surface area (Å²) in [4.78, 5) is 41.2. The van der Waals surface area contributed by atoms with Gasteiger partial charge in [-0.2, -0.15) is 0 Å². The maximum Gasteiger partial charge on any atom is 0.237 e. The predicted octanol–water partition coefficient (Wildman–Crippen LogP) is 3.66. The van der Waals surface area contributed by atoms with Gasteiger partial charge in [-0.3, -0.25) is 19.4 Å². The van der Waals surface area contributed by atoms with Crippen molar-refractivity contribution >= 4 is 17.6 Å².